The van der Waals surface area contributed by atoms with Crippen molar-refractivity contribution in [1.29, 1.82) is 0 Å². The van der Waals surface area contributed by atoms with Crippen LogP contribution in [0, 0.1) is 12.3 Å². The summed E-state index contributed by atoms with van der Waals surface area (Å²) in [6.07, 6.45) is 6.55. The van der Waals surface area contributed by atoms with Crippen molar-refractivity contribution >= 4 is 0 Å². The highest BCUT2D eigenvalue weighted by molar-refractivity contribution is 5.34. The molecule has 17 heavy (non-hydrogen) atoms. The van der Waals surface area contributed by atoms with E-state index in [0.717, 1.165) is 39.1 Å². The van der Waals surface area contributed by atoms with Crippen LogP contribution < -0.4 is 5.32 Å². The predicted octanol–water partition coefficient (Wildman–Crippen LogP) is 2.13. The molecule has 0 fully saturated rings. The first-order valence-electron chi connectivity index (χ1n) is 6.30. The van der Waals surface area contributed by atoms with Crippen LogP contribution >= 0.6 is 0 Å². The molecule has 2 nitrogen and oxygen atoms in total. The average molecular weight is 228 g/mol. The Morgan fingerprint density at radius 3 is 2.94 bits per heavy atom. The second-order valence-corrected chi connectivity index (χ2v) is 4.62. The van der Waals surface area contributed by atoms with Gasteiger partial charge < -0.3 is 5.32 Å². The molecule has 1 N–H and O–H groups in total. The standard InChI is InChI=1S/C15H20N2/c1-3-7-17(8-4-2)12-13-5-6-14-10-16-11-15(14)9-13/h1,5-6,9,16H,4,7-8,10-12H2,2H3. The van der Waals surface area contributed by atoms with E-state index in [2.05, 4.69) is 41.3 Å². The van der Waals surface area contributed by atoms with Crippen molar-refractivity contribution in [2.45, 2.75) is 33.0 Å². The molecular weight excluding hydrogens is 208 g/mol. The summed E-state index contributed by atoms with van der Waals surface area (Å²) >= 11 is 0. The molecule has 0 unspecified atom stereocenters. The van der Waals surface area contributed by atoms with Crippen LogP contribution in [0.15, 0.2) is 18.2 Å². The lowest BCUT2D eigenvalue weighted by molar-refractivity contribution is 0.299. The van der Waals surface area contributed by atoms with E-state index >= 15 is 0 Å². The van der Waals surface area contributed by atoms with Crippen LogP contribution in [0.25, 0.3) is 0 Å². The minimum atomic E-state index is 0.739. The number of rotatable bonds is 5. The number of nitrogens with one attached hydrogen (secondary N) is 1. The summed E-state index contributed by atoms with van der Waals surface area (Å²) in [6.45, 7) is 6.98. The zero-order chi connectivity index (χ0) is 12.1. The lowest BCUT2D eigenvalue weighted by Crippen LogP contribution is -2.24. The number of hydrogen-bond donors (Lipinski definition) is 1. The molecule has 0 spiro atoms. The van der Waals surface area contributed by atoms with Crippen LogP contribution in [0.4, 0.5) is 0 Å². The lowest BCUT2D eigenvalue weighted by atomic mass is 10.1. The van der Waals surface area contributed by atoms with Gasteiger partial charge in [0, 0.05) is 19.6 Å². The van der Waals surface area contributed by atoms with E-state index in [1.807, 2.05) is 0 Å². The van der Waals surface area contributed by atoms with Gasteiger partial charge in [-0.05, 0) is 29.7 Å². The zero-order valence-corrected chi connectivity index (χ0v) is 10.5. The van der Waals surface area contributed by atoms with Gasteiger partial charge in [-0.1, -0.05) is 31.0 Å². The number of nitrogens with zero attached hydrogens (tertiary/aromatic N) is 1. The molecule has 0 saturated carbocycles. The van der Waals surface area contributed by atoms with Gasteiger partial charge in [0.15, 0.2) is 0 Å². The average Bonchev–Trinajstić information content (AvgIpc) is 2.77. The van der Waals surface area contributed by atoms with Gasteiger partial charge in [-0.3, -0.25) is 4.90 Å². The molecule has 2 heteroatoms. The monoisotopic (exact) mass is 228 g/mol. The van der Waals surface area contributed by atoms with Crippen molar-refractivity contribution in [3.8, 4) is 12.3 Å². The van der Waals surface area contributed by atoms with E-state index in [-0.39, 0.29) is 0 Å². The Labute approximate surface area is 104 Å². The Balaban J connectivity index is 2.04. The second kappa shape index (κ2) is 5.86. The van der Waals surface area contributed by atoms with Gasteiger partial charge in [0.25, 0.3) is 0 Å². The molecule has 0 amide bonds. The van der Waals surface area contributed by atoms with Crippen molar-refractivity contribution in [3.05, 3.63) is 34.9 Å². The molecule has 90 valence electrons. The Kier molecular flexibility index (Phi) is 4.19. The van der Waals surface area contributed by atoms with Crippen molar-refractivity contribution in [1.82, 2.24) is 10.2 Å². The van der Waals surface area contributed by atoms with Gasteiger partial charge >= 0.3 is 0 Å². The van der Waals surface area contributed by atoms with Crippen LogP contribution in [-0.2, 0) is 19.6 Å². The highest BCUT2D eigenvalue weighted by atomic mass is 15.1. The van der Waals surface area contributed by atoms with Crippen LogP contribution in [0.1, 0.15) is 30.0 Å². The number of terminal acetylenes is 1. The first-order valence-corrected chi connectivity index (χ1v) is 6.30. The largest absolute Gasteiger partial charge is 0.309 e. The summed E-state index contributed by atoms with van der Waals surface area (Å²) in [5, 5.41) is 3.37. The molecule has 1 aromatic rings. The fourth-order valence-corrected chi connectivity index (χ4v) is 2.36. The number of hydrogen-bond acceptors (Lipinski definition) is 2. The molecule has 0 aliphatic carbocycles. The summed E-state index contributed by atoms with van der Waals surface area (Å²) in [7, 11) is 0. The molecule has 1 heterocycles. The van der Waals surface area contributed by atoms with E-state index in [9.17, 15) is 0 Å². The fraction of sp³-hybridized carbons (Fsp3) is 0.467. The Morgan fingerprint density at radius 2 is 2.18 bits per heavy atom. The van der Waals surface area contributed by atoms with Crippen LogP contribution in [-0.4, -0.2) is 18.0 Å². The van der Waals surface area contributed by atoms with Crippen molar-refractivity contribution in [3.63, 3.8) is 0 Å². The topological polar surface area (TPSA) is 15.3 Å². The van der Waals surface area contributed by atoms with Gasteiger partial charge in [0.1, 0.15) is 0 Å². The molecule has 0 aromatic heterocycles. The van der Waals surface area contributed by atoms with E-state index in [1.165, 1.54) is 16.7 Å². The highest BCUT2D eigenvalue weighted by Crippen LogP contribution is 2.18. The smallest absolute Gasteiger partial charge is 0.0601 e. The van der Waals surface area contributed by atoms with Gasteiger partial charge in [-0.2, -0.15) is 0 Å². The molecule has 0 bridgehead atoms. The van der Waals surface area contributed by atoms with Gasteiger partial charge in [0.05, 0.1) is 6.54 Å². The maximum Gasteiger partial charge on any atom is 0.0601 e. The predicted molar refractivity (Wildman–Crippen MR) is 71.4 cm³/mol. The van der Waals surface area contributed by atoms with Gasteiger partial charge in [-0.15, -0.1) is 6.42 Å². The summed E-state index contributed by atoms with van der Waals surface area (Å²) in [4.78, 5) is 2.32. The first-order chi connectivity index (χ1) is 8.33. The summed E-state index contributed by atoms with van der Waals surface area (Å²) < 4.78 is 0. The fourth-order valence-electron chi connectivity index (χ4n) is 2.36. The molecule has 0 radical (unpaired) electrons. The van der Waals surface area contributed by atoms with E-state index < -0.39 is 0 Å². The van der Waals surface area contributed by atoms with Crippen molar-refractivity contribution in [2.24, 2.45) is 0 Å². The molecule has 1 aliphatic rings. The minimum Gasteiger partial charge on any atom is -0.309 e. The van der Waals surface area contributed by atoms with Gasteiger partial charge in [0.2, 0.25) is 0 Å². The summed E-state index contributed by atoms with van der Waals surface area (Å²) in [5.41, 5.74) is 4.25. The minimum absolute atomic E-state index is 0.739. The third kappa shape index (κ3) is 3.09. The first kappa shape index (κ1) is 12.2. The van der Waals surface area contributed by atoms with Crippen molar-refractivity contribution in [2.75, 3.05) is 13.1 Å². The van der Waals surface area contributed by atoms with Crippen molar-refractivity contribution < 1.29 is 0 Å². The molecular formula is C15H20N2. The second-order valence-electron chi connectivity index (χ2n) is 4.62. The maximum atomic E-state index is 5.40. The number of fused-ring (bicyclic) bond motifs is 1. The third-order valence-corrected chi connectivity index (χ3v) is 3.16. The molecule has 2 rings (SSSR count). The maximum absolute atomic E-state index is 5.40. The molecule has 1 aromatic carbocycles. The molecule has 1 aliphatic heterocycles. The van der Waals surface area contributed by atoms with Gasteiger partial charge in [-0.25, -0.2) is 0 Å². The Morgan fingerprint density at radius 1 is 1.35 bits per heavy atom. The quantitative estimate of drug-likeness (QED) is 0.777. The normalized spacial score (nSPS) is 13.7. The van der Waals surface area contributed by atoms with E-state index in [1.54, 1.807) is 0 Å². The summed E-state index contributed by atoms with van der Waals surface area (Å²) in [5.74, 6) is 2.74. The lowest BCUT2D eigenvalue weighted by Gasteiger charge is -2.19. The van der Waals surface area contributed by atoms with Crippen LogP contribution in [0.5, 0.6) is 0 Å². The number of benzene rings is 1. The van der Waals surface area contributed by atoms with Crippen LogP contribution in [0.2, 0.25) is 0 Å². The zero-order valence-electron chi connectivity index (χ0n) is 10.5. The highest BCUT2D eigenvalue weighted by Gasteiger charge is 2.11. The Hall–Kier alpha value is -1.30. The van der Waals surface area contributed by atoms with Crippen LogP contribution in [0.3, 0.4) is 0 Å². The van der Waals surface area contributed by atoms with E-state index in [4.69, 9.17) is 6.42 Å². The molecule has 0 saturated heterocycles. The SMILES string of the molecule is C#CCN(CCC)Cc1ccc2c(c1)CNC2. The van der Waals surface area contributed by atoms with E-state index in [0.29, 0.717) is 0 Å². The Bertz CT molecular complexity index is 417. The summed E-state index contributed by atoms with van der Waals surface area (Å²) in [6, 6.07) is 6.78. The molecule has 0 atom stereocenters. The third-order valence-electron chi connectivity index (χ3n) is 3.16.